The van der Waals surface area contributed by atoms with E-state index < -0.39 is 62.4 Å². The van der Waals surface area contributed by atoms with Crippen LogP contribution in [0.4, 0.5) is 0 Å². The lowest BCUT2D eigenvalue weighted by molar-refractivity contribution is 0.0395. The number of benzene rings is 6. The highest BCUT2D eigenvalue weighted by Gasteiger charge is 2.78. The summed E-state index contributed by atoms with van der Waals surface area (Å²) >= 11 is 0. The van der Waals surface area contributed by atoms with Crippen molar-refractivity contribution < 1.29 is 51.4 Å². The fourth-order valence-electron chi connectivity index (χ4n) is 6.61. The Hall–Kier alpha value is -3.64. The topological polar surface area (TPSA) is 144 Å². The SMILES string of the molecule is O[Si]1O[Si]2(c3ccccc3)O[Si](O)(c3ccccc3)O[Si]3(c4ccccc4)O[Si](O)(c4ccccc4)O[Si](c4ccccc4)(O1)O[Si](c1ccccc1)(O2)O3. The summed E-state index contributed by atoms with van der Waals surface area (Å²) in [5.74, 6) is 0. The number of hydrogen-bond acceptors (Lipinski definition) is 12. The minimum Gasteiger partial charge on any atom is -0.388 e. The van der Waals surface area contributed by atoms with Crippen molar-refractivity contribution in [2.24, 2.45) is 0 Å². The fourth-order valence-corrected chi connectivity index (χ4v) is 37.8. The first-order valence-electron chi connectivity index (χ1n) is 17.3. The summed E-state index contributed by atoms with van der Waals surface area (Å²) in [5.41, 5.74) is 0. The zero-order valence-corrected chi connectivity index (χ0v) is 35.8. The third-order valence-electron chi connectivity index (χ3n) is 9.13. The minimum absolute atomic E-state index is 0.255. The molecule has 4 bridgehead atoms. The van der Waals surface area contributed by atoms with Crippen LogP contribution in [0.25, 0.3) is 0 Å². The summed E-state index contributed by atoms with van der Waals surface area (Å²) in [6.45, 7) is 0. The van der Waals surface area contributed by atoms with E-state index in [9.17, 15) is 14.4 Å². The summed E-state index contributed by atoms with van der Waals surface area (Å²) in [7, 11) is -32.2. The molecule has 6 aromatic carbocycles. The second-order valence-corrected chi connectivity index (χ2v) is 30.9. The van der Waals surface area contributed by atoms with Crippen molar-refractivity contribution in [3.05, 3.63) is 182 Å². The molecular weight excluding hydrogens is 821 g/mol. The molecule has 3 aliphatic heterocycles. The molecule has 0 aromatic heterocycles. The fraction of sp³-hybridized carbons (Fsp3) is 0. The van der Waals surface area contributed by atoms with E-state index in [1.165, 1.54) is 0 Å². The van der Waals surface area contributed by atoms with Crippen molar-refractivity contribution in [2.75, 3.05) is 0 Å². The Kier molecular flexibility index (Phi) is 9.67. The van der Waals surface area contributed by atoms with Gasteiger partial charge in [-0.1, -0.05) is 182 Å². The summed E-state index contributed by atoms with van der Waals surface area (Å²) in [4.78, 5) is 38.5. The van der Waals surface area contributed by atoms with Gasteiger partial charge in [-0.2, -0.15) is 0 Å². The number of hydrogen-bond donors (Lipinski definition) is 3. The van der Waals surface area contributed by atoms with Gasteiger partial charge >= 0.3 is 62.4 Å². The quantitative estimate of drug-likeness (QED) is 0.198. The zero-order valence-electron chi connectivity index (χ0n) is 28.8. The Morgan fingerprint density at radius 2 is 0.509 bits per heavy atom. The van der Waals surface area contributed by atoms with Crippen LogP contribution < -0.4 is 31.1 Å². The third kappa shape index (κ3) is 6.72. The molecule has 0 aliphatic carbocycles. The average molecular weight is 854 g/mol. The molecule has 55 heavy (non-hydrogen) atoms. The van der Waals surface area contributed by atoms with Crippen LogP contribution in [-0.4, -0.2) is 76.7 Å². The molecule has 0 amide bonds. The van der Waals surface area contributed by atoms with Crippen LogP contribution in [0, 0.1) is 0 Å². The number of rotatable bonds is 6. The second kappa shape index (κ2) is 14.4. The highest BCUT2D eigenvalue weighted by atomic mass is 28.6. The highest BCUT2D eigenvalue weighted by Crippen LogP contribution is 2.39. The van der Waals surface area contributed by atoms with E-state index in [0.717, 1.165) is 0 Å². The average Bonchev–Trinajstić information content (AvgIpc) is 3.21. The van der Waals surface area contributed by atoms with E-state index in [1.807, 2.05) is 24.3 Å². The molecule has 3 saturated heterocycles. The summed E-state index contributed by atoms with van der Waals surface area (Å²) in [6.07, 6.45) is 0. The zero-order chi connectivity index (χ0) is 37.6. The molecule has 12 nitrogen and oxygen atoms in total. The molecule has 0 spiro atoms. The van der Waals surface area contributed by atoms with Gasteiger partial charge in [0.1, 0.15) is 0 Å². The van der Waals surface area contributed by atoms with Crippen LogP contribution in [-0.2, 0) is 37.0 Å². The van der Waals surface area contributed by atoms with Crippen LogP contribution in [0.2, 0.25) is 0 Å². The van der Waals surface area contributed by atoms with Crippen molar-refractivity contribution in [1.82, 2.24) is 0 Å². The van der Waals surface area contributed by atoms with Gasteiger partial charge in [0.05, 0.1) is 0 Å². The Bertz CT molecular complexity index is 2130. The molecule has 4 atom stereocenters. The summed E-state index contributed by atoms with van der Waals surface area (Å²) in [5, 5.41) is 2.05. The van der Waals surface area contributed by atoms with Crippen molar-refractivity contribution in [1.29, 1.82) is 0 Å². The van der Waals surface area contributed by atoms with Crippen LogP contribution in [0.15, 0.2) is 182 Å². The lowest BCUT2D eigenvalue weighted by Gasteiger charge is -2.55. The Balaban J connectivity index is 1.42. The van der Waals surface area contributed by atoms with Gasteiger partial charge in [-0.05, 0) is 0 Å². The van der Waals surface area contributed by atoms with Crippen LogP contribution in [0.5, 0.6) is 0 Å². The van der Waals surface area contributed by atoms with Crippen molar-refractivity contribution in [3.8, 4) is 0 Å². The molecule has 3 N–H and O–H groups in total. The van der Waals surface area contributed by atoms with E-state index in [4.69, 9.17) is 37.0 Å². The molecule has 3 fully saturated rings. The number of fused-ring (bicyclic) bond motifs is 3. The van der Waals surface area contributed by atoms with Crippen LogP contribution >= 0.6 is 0 Å². The van der Waals surface area contributed by atoms with Crippen LogP contribution in [0.1, 0.15) is 0 Å². The molecule has 1 radical (unpaired) electrons. The Morgan fingerprint density at radius 3 is 0.818 bits per heavy atom. The van der Waals surface area contributed by atoms with Crippen LogP contribution in [0.3, 0.4) is 0 Å². The smallest absolute Gasteiger partial charge is 0.388 e. The van der Waals surface area contributed by atoms with E-state index >= 15 is 0 Å². The molecule has 0 saturated carbocycles. The maximum absolute atomic E-state index is 13.2. The maximum Gasteiger partial charge on any atom is 0.559 e. The van der Waals surface area contributed by atoms with Crippen molar-refractivity contribution in [3.63, 3.8) is 0 Å². The molecule has 4 unspecified atom stereocenters. The molecule has 3 heterocycles. The monoisotopic (exact) mass is 853 g/mol. The summed E-state index contributed by atoms with van der Waals surface area (Å²) in [6, 6.07) is 52.5. The maximum atomic E-state index is 13.2. The van der Waals surface area contributed by atoms with Gasteiger partial charge in [0, 0.05) is 31.1 Å². The first-order chi connectivity index (χ1) is 26.7. The van der Waals surface area contributed by atoms with Gasteiger partial charge in [0.2, 0.25) is 0 Å². The van der Waals surface area contributed by atoms with Crippen molar-refractivity contribution >= 4 is 93.5 Å². The summed E-state index contributed by atoms with van der Waals surface area (Å²) < 4.78 is 63.8. The predicted molar refractivity (Wildman–Crippen MR) is 213 cm³/mol. The Labute approximate surface area is 325 Å². The van der Waals surface area contributed by atoms with Gasteiger partial charge in [-0.3, -0.25) is 0 Å². The molecule has 6 aromatic rings. The molecular formula is C36H33O12Si7. The van der Waals surface area contributed by atoms with E-state index in [1.54, 1.807) is 158 Å². The molecule has 3 aliphatic rings. The molecule has 277 valence electrons. The molecule has 9 rings (SSSR count). The highest BCUT2D eigenvalue weighted by molar-refractivity contribution is 7.08. The van der Waals surface area contributed by atoms with Gasteiger partial charge in [-0.25, -0.2) is 0 Å². The largest absolute Gasteiger partial charge is 0.559 e. The normalized spacial score (nSPS) is 32.3. The van der Waals surface area contributed by atoms with E-state index in [2.05, 4.69) is 0 Å². The third-order valence-corrected chi connectivity index (χ3v) is 34.1. The van der Waals surface area contributed by atoms with E-state index in [0.29, 0.717) is 20.7 Å². The first-order valence-corrected chi connectivity index (χ1v) is 29.0. The van der Waals surface area contributed by atoms with Gasteiger partial charge < -0.3 is 51.4 Å². The first kappa shape index (κ1) is 37.0. The lowest BCUT2D eigenvalue weighted by Crippen LogP contribution is -2.89. The second-order valence-electron chi connectivity index (χ2n) is 12.8. The van der Waals surface area contributed by atoms with Gasteiger partial charge in [0.25, 0.3) is 0 Å². The van der Waals surface area contributed by atoms with E-state index in [-0.39, 0.29) is 10.4 Å². The standard InChI is InChI=1S/C36H33O12Si7/c37-49-40-52(33-23-11-3-12-24-33)42-50(38,31-19-7-1-8-20-31)44-54(35-27-15-5-16-28-35)45-51(39,32-21-9-2-10-22-32)43-53(41-49,34-25-13-4-14-26-34)47-55(46-52,48-54)36-29-17-6-18-30-36/h1-30,37-39H. The predicted octanol–water partition coefficient (Wildman–Crippen LogP) is 0.215. The minimum atomic E-state index is -4.91. The molecule has 19 heteroatoms. The lowest BCUT2D eigenvalue weighted by atomic mass is 10.4. The van der Waals surface area contributed by atoms with Gasteiger partial charge in [0.15, 0.2) is 0 Å². The Morgan fingerprint density at radius 1 is 0.291 bits per heavy atom. The van der Waals surface area contributed by atoms with Crippen molar-refractivity contribution in [2.45, 2.75) is 0 Å². The van der Waals surface area contributed by atoms with Gasteiger partial charge in [-0.15, -0.1) is 0 Å².